The number of rotatable bonds is 6. The minimum Gasteiger partial charge on any atom is -0.314 e. The number of hydrogen-bond acceptors (Lipinski definition) is 3. The highest BCUT2D eigenvalue weighted by atomic mass is 15.0. The first-order valence-corrected chi connectivity index (χ1v) is 7.20. The lowest BCUT2D eigenvalue weighted by Gasteiger charge is -2.26. The van der Waals surface area contributed by atoms with E-state index >= 15 is 0 Å². The van der Waals surface area contributed by atoms with E-state index in [1.165, 1.54) is 37.8 Å². The van der Waals surface area contributed by atoms with E-state index < -0.39 is 0 Å². The van der Waals surface area contributed by atoms with Crippen LogP contribution in [0.1, 0.15) is 38.2 Å². The Kier molecular flexibility index (Phi) is 5.62. The maximum atomic E-state index is 4.14. The molecule has 2 unspecified atom stereocenters. The Morgan fingerprint density at radius 2 is 2.44 bits per heavy atom. The first-order valence-electron chi connectivity index (χ1n) is 7.20. The van der Waals surface area contributed by atoms with Crippen molar-refractivity contribution >= 4 is 0 Å². The molecule has 0 amide bonds. The molecule has 1 aromatic rings. The summed E-state index contributed by atoms with van der Waals surface area (Å²) in [4.78, 5) is 4.14. The number of nitrogens with zero attached hydrogens (tertiary/aromatic N) is 1. The number of pyridine rings is 1. The molecule has 100 valence electrons. The van der Waals surface area contributed by atoms with Crippen molar-refractivity contribution in [1.29, 1.82) is 0 Å². The molecule has 0 saturated carbocycles. The maximum absolute atomic E-state index is 4.14. The highest BCUT2D eigenvalue weighted by molar-refractivity contribution is 5.08. The van der Waals surface area contributed by atoms with Crippen LogP contribution in [-0.4, -0.2) is 30.2 Å². The predicted octanol–water partition coefficient (Wildman–Crippen LogP) is 2.13. The van der Waals surface area contributed by atoms with Crippen molar-refractivity contribution in [2.24, 2.45) is 0 Å². The van der Waals surface area contributed by atoms with Crippen LogP contribution >= 0.6 is 0 Å². The summed E-state index contributed by atoms with van der Waals surface area (Å²) >= 11 is 0. The standard InChI is InChI=1S/C15H25N3/c1-13(11-15-6-2-3-9-18-15)17-10-7-14-5-4-8-16-12-14/h4-5,8,12-13,15,17-18H,2-3,6-7,9-11H2,1H3. The molecule has 0 aliphatic carbocycles. The monoisotopic (exact) mass is 247 g/mol. The molecule has 2 heterocycles. The van der Waals surface area contributed by atoms with E-state index in [4.69, 9.17) is 0 Å². The van der Waals surface area contributed by atoms with Gasteiger partial charge in [0.05, 0.1) is 0 Å². The number of nitrogens with one attached hydrogen (secondary N) is 2. The smallest absolute Gasteiger partial charge is 0.0300 e. The Bertz CT molecular complexity index is 320. The lowest BCUT2D eigenvalue weighted by molar-refractivity contribution is 0.346. The normalized spacial score (nSPS) is 21.7. The maximum Gasteiger partial charge on any atom is 0.0300 e. The third-order valence-corrected chi connectivity index (χ3v) is 3.68. The van der Waals surface area contributed by atoms with Crippen molar-refractivity contribution < 1.29 is 0 Å². The quantitative estimate of drug-likeness (QED) is 0.808. The van der Waals surface area contributed by atoms with Crippen molar-refractivity contribution in [3.05, 3.63) is 30.1 Å². The Balaban J connectivity index is 1.61. The fourth-order valence-electron chi connectivity index (χ4n) is 2.64. The summed E-state index contributed by atoms with van der Waals surface area (Å²) in [5.74, 6) is 0. The van der Waals surface area contributed by atoms with Crippen LogP contribution in [0.25, 0.3) is 0 Å². The fraction of sp³-hybridized carbons (Fsp3) is 0.667. The molecule has 3 heteroatoms. The lowest BCUT2D eigenvalue weighted by Crippen LogP contribution is -2.40. The van der Waals surface area contributed by atoms with Gasteiger partial charge in [0.15, 0.2) is 0 Å². The minimum atomic E-state index is 0.595. The van der Waals surface area contributed by atoms with Crippen molar-refractivity contribution in [3.8, 4) is 0 Å². The molecule has 0 spiro atoms. The van der Waals surface area contributed by atoms with Gasteiger partial charge in [-0.15, -0.1) is 0 Å². The van der Waals surface area contributed by atoms with E-state index in [-0.39, 0.29) is 0 Å². The summed E-state index contributed by atoms with van der Waals surface area (Å²) < 4.78 is 0. The van der Waals surface area contributed by atoms with Crippen LogP contribution in [0.4, 0.5) is 0 Å². The summed E-state index contributed by atoms with van der Waals surface area (Å²) in [5, 5.41) is 7.22. The fourth-order valence-corrected chi connectivity index (χ4v) is 2.64. The first kappa shape index (κ1) is 13.5. The van der Waals surface area contributed by atoms with Gasteiger partial charge in [-0.2, -0.15) is 0 Å². The van der Waals surface area contributed by atoms with E-state index in [9.17, 15) is 0 Å². The van der Waals surface area contributed by atoms with Gasteiger partial charge in [0.25, 0.3) is 0 Å². The van der Waals surface area contributed by atoms with Gasteiger partial charge in [-0.05, 0) is 57.3 Å². The van der Waals surface area contributed by atoms with E-state index in [0.717, 1.165) is 19.0 Å². The molecule has 0 aromatic carbocycles. The van der Waals surface area contributed by atoms with Crippen molar-refractivity contribution in [1.82, 2.24) is 15.6 Å². The van der Waals surface area contributed by atoms with E-state index in [1.807, 2.05) is 18.5 Å². The Morgan fingerprint density at radius 3 is 3.17 bits per heavy atom. The first-order chi connectivity index (χ1) is 8.84. The third kappa shape index (κ3) is 4.75. The molecule has 3 nitrogen and oxygen atoms in total. The second kappa shape index (κ2) is 7.49. The second-order valence-corrected chi connectivity index (χ2v) is 5.35. The van der Waals surface area contributed by atoms with Gasteiger partial charge in [-0.25, -0.2) is 0 Å². The van der Waals surface area contributed by atoms with E-state index in [1.54, 1.807) is 0 Å². The SMILES string of the molecule is CC(CC1CCCCN1)NCCc1cccnc1. The van der Waals surface area contributed by atoms with Crippen LogP contribution in [0.5, 0.6) is 0 Å². The molecule has 2 N–H and O–H groups in total. The highest BCUT2D eigenvalue weighted by Crippen LogP contribution is 2.11. The molecular formula is C15H25N3. The number of aromatic nitrogens is 1. The number of hydrogen-bond donors (Lipinski definition) is 2. The predicted molar refractivity (Wildman–Crippen MR) is 75.7 cm³/mol. The van der Waals surface area contributed by atoms with Crippen LogP contribution < -0.4 is 10.6 Å². The second-order valence-electron chi connectivity index (χ2n) is 5.35. The Labute approximate surface area is 110 Å². The average Bonchev–Trinajstić information content (AvgIpc) is 2.41. The van der Waals surface area contributed by atoms with Gasteiger partial charge in [0.2, 0.25) is 0 Å². The van der Waals surface area contributed by atoms with Crippen LogP contribution in [0.15, 0.2) is 24.5 Å². The molecule has 1 aromatic heterocycles. The molecule has 2 atom stereocenters. The average molecular weight is 247 g/mol. The third-order valence-electron chi connectivity index (χ3n) is 3.68. The van der Waals surface area contributed by atoms with Crippen molar-refractivity contribution in [2.75, 3.05) is 13.1 Å². The molecule has 2 rings (SSSR count). The Morgan fingerprint density at radius 1 is 1.50 bits per heavy atom. The van der Waals surface area contributed by atoms with Gasteiger partial charge < -0.3 is 10.6 Å². The van der Waals surface area contributed by atoms with E-state index in [0.29, 0.717) is 6.04 Å². The molecule has 1 aliphatic heterocycles. The van der Waals surface area contributed by atoms with Crippen LogP contribution in [0.2, 0.25) is 0 Å². The molecule has 1 fully saturated rings. The van der Waals surface area contributed by atoms with Gasteiger partial charge in [0.1, 0.15) is 0 Å². The zero-order chi connectivity index (χ0) is 12.6. The summed E-state index contributed by atoms with van der Waals surface area (Å²) in [6.07, 6.45) is 10.2. The summed E-state index contributed by atoms with van der Waals surface area (Å²) in [6.45, 7) is 4.53. The lowest BCUT2D eigenvalue weighted by atomic mass is 9.99. The zero-order valence-electron chi connectivity index (χ0n) is 11.4. The Hall–Kier alpha value is -0.930. The summed E-state index contributed by atoms with van der Waals surface area (Å²) in [6, 6.07) is 5.46. The topological polar surface area (TPSA) is 37.0 Å². The van der Waals surface area contributed by atoms with Crippen LogP contribution in [0.3, 0.4) is 0 Å². The minimum absolute atomic E-state index is 0.595. The summed E-state index contributed by atoms with van der Waals surface area (Å²) in [5.41, 5.74) is 1.31. The summed E-state index contributed by atoms with van der Waals surface area (Å²) in [7, 11) is 0. The molecule has 0 radical (unpaired) electrons. The van der Waals surface area contributed by atoms with Crippen molar-refractivity contribution in [2.45, 2.75) is 51.1 Å². The van der Waals surface area contributed by atoms with Gasteiger partial charge >= 0.3 is 0 Å². The zero-order valence-corrected chi connectivity index (χ0v) is 11.4. The molecule has 1 aliphatic rings. The number of piperidine rings is 1. The van der Waals surface area contributed by atoms with Gasteiger partial charge in [-0.3, -0.25) is 4.98 Å². The molecule has 0 bridgehead atoms. The van der Waals surface area contributed by atoms with Gasteiger partial charge in [0, 0.05) is 24.5 Å². The van der Waals surface area contributed by atoms with Gasteiger partial charge in [-0.1, -0.05) is 12.5 Å². The van der Waals surface area contributed by atoms with Crippen molar-refractivity contribution in [3.63, 3.8) is 0 Å². The largest absolute Gasteiger partial charge is 0.314 e. The van der Waals surface area contributed by atoms with Crippen LogP contribution in [0, 0.1) is 0 Å². The van der Waals surface area contributed by atoms with E-state index in [2.05, 4.69) is 28.6 Å². The molecule has 18 heavy (non-hydrogen) atoms. The molecule has 1 saturated heterocycles. The van der Waals surface area contributed by atoms with Crippen LogP contribution in [-0.2, 0) is 6.42 Å². The highest BCUT2D eigenvalue weighted by Gasteiger charge is 2.15. The molecular weight excluding hydrogens is 222 g/mol.